The Morgan fingerprint density at radius 2 is 1.83 bits per heavy atom. The molecule has 4 heterocycles. The Morgan fingerprint density at radius 3 is 2.56 bits per heavy atom. The number of hydrogen-bond acceptors (Lipinski definition) is 8. The number of carbonyl (C=O) groups excluding carboxylic acids is 3. The number of nitrogens with zero attached hydrogens (tertiary/aromatic N) is 2. The highest BCUT2D eigenvalue weighted by molar-refractivity contribution is 6.02. The molecule has 41 heavy (non-hydrogen) atoms. The molecule has 0 radical (unpaired) electrons. The first-order valence-corrected chi connectivity index (χ1v) is 15.2. The van der Waals surface area contributed by atoms with Crippen LogP contribution in [0.15, 0.2) is 24.3 Å². The Hall–Kier alpha value is -2.73. The van der Waals surface area contributed by atoms with Crippen LogP contribution in [0.5, 0.6) is 5.75 Å². The van der Waals surface area contributed by atoms with Crippen LogP contribution >= 0.6 is 0 Å². The average Bonchev–Trinajstić information content (AvgIpc) is 3.62. The number of nitrogens with one attached hydrogen (secondary N) is 2. The maximum absolute atomic E-state index is 14.0. The van der Waals surface area contributed by atoms with Crippen LogP contribution < -0.4 is 15.4 Å². The predicted molar refractivity (Wildman–Crippen MR) is 151 cm³/mol. The third-order valence-electron chi connectivity index (χ3n) is 8.92. The van der Waals surface area contributed by atoms with Crippen LogP contribution in [0, 0.1) is 11.8 Å². The lowest BCUT2D eigenvalue weighted by Gasteiger charge is -2.34. The largest absolute Gasteiger partial charge is 0.494 e. The molecule has 4 aliphatic rings. The van der Waals surface area contributed by atoms with E-state index in [9.17, 15) is 14.4 Å². The lowest BCUT2D eigenvalue weighted by molar-refractivity contribution is -0.141. The number of benzene rings is 1. The number of amides is 3. The highest BCUT2D eigenvalue weighted by Gasteiger charge is 2.74. The fourth-order valence-corrected chi connectivity index (χ4v) is 7.03. The van der Waals surface area contributed by atoms with Gasteiger partial charge in [-0.2, -0.15) is 0 Å². The van der Waals surface area contributed by atoms with Gasteiger partial charge in [0.1, 0.15) is 17.4 Å². The molecule has 1 spiro atoms. The molecule has 226 valence electrons. The van der Waals surface area contributed by atoms with Gasteiger partial charge in [-0.3, -0.25) is 19.3 Å². The van der Waals surface area contributed by atoms with Crippen LogP contribution in [0.1, 0.15) is 45.4 Å². The monoisotopic (exact) mass is 572 g/mol. The average molecular weight is 573 g/mol. The van der Waals surface area contributed by atoms with E-state index in [1.54, 1.807) is 29.2 Å². The maximum atomic E-state index is 14.0. The van der Waals surface area contributed by atoms with Gasteiger partial charge in [0.2, 0.25) is 17.7 Å². The Kier molecular flexibility index (Phi) is 9.79. The molecular weight excluding hydrogens is 528 g/mol. The molecule has 5 rings (SSSR count). The van der Waals surface area contributed by atoms with Gasteiger partial charge in [-0.1, -0.05) is 12.8 Å². The molecule has 2 bridgehead atoms. The highest BCUT2D eigenvalue weighted by atomic mass is 16.5. The van der Waals surface area contributed by atoms with Crippen molar-refractivity contribution in [3.8, 4) is 5.75 Å². The molecule has 3 amide bonds. The normalized spacial score (nSPS) is 29.0. The Bertz CT molecular complexity index is 1060. The zero-order valence-electron chi connectivity index (χ0n) is 24.0. The fourth-order valence-electron chi connectivity index (χ4n) is 7.03. The summed E-state index contributed by atoms with van der Waals surface area (Å²) in [5.74, 6) is -1.28. The molecule has 5 atom stereocenters. The minimum absolute atomic E-state index is 0.141. The summed E-state index contributed by atoms with van der Waals surface area (Å²) >= 11 is 0. The minimum Gasteiger partial charge on any atom is -0.494 e. The lowest BCUT2D eigenvalue weighted by atomic mass is 9.70. The first-order valence-electron chi connectivity index (χ1n) is 15.2. The van der Waals surface area contributed by atoms with E-state index in [1.165, 1.54) is 0 Å². The van der Waals surface area contributed by atoms with E-state index in [-0.39, 0.29) is 24.3 Å². The van der Waals surface area contributed by atoms with Crippen LogP contribution in [0.25, 0.3) is 0 Å². The topological polar surface area (TPSA) is 130 Å². The van der Waals surface area contributed by atoms with Crippen molar-refractivity contribution in [1.29, 1.82) is 0 Å². The molecule has 0 saturated carbocycles. The van der Waals surface area contributed by atoms with Crippen molar-refractivity contribution in [3.05, 3.63) is 24.3 Å². The van der Waals surface area contributed by atoms with Crippen molar-refractivity contribution >= 4 is 23.4 Å². The van der Waals surface area contributed by atoms with Crippen LogP contribution in [-0.4, -0.2) is 110 Å². The summed E-state index contributed by atoms with van der Waals surface area (Å²) in [5, 5.41) is 15.2. The van der Waals surface area contributed by atoms with Gasteiger partial charge in [-0.15, -0.1) is 0 Å². The van der Waals surface area contributed by atoms with Crippen LogP contribution in [0.2, 0.25) is 0 Å². The van der Waals surface area contributed by atoms with Crippen molar-refractivity contribution in [3.63, 3.8) is 0 Å². The predicted octanol–water partition coefficient (Wildman–Crippen LogP) is 1.40. The Morgan fingerprint density at radius 1 is 1.07 bits per heavy atom. The van der Waals surface area contributed by atoms with Crippen LogP contribution in [-0.2, 0) is 23.9 Å². The fraction of sp³-hybridized carbons (Fsp3) is 0.700. The molecule has 4 saturated heterocycles. The van der Waals surface area contributed by atoms with E-state index in [0.29, 0.717) is 64.4 Å². The second kappa shape index (κ2) is 13.5. The summed E-state index contributed by atoms with van der Waals surface area (Å²) in [7, 11) is 0. The zero-order valence-corrected chi connectivity index (χ0v) is 24.0. The van der Waals surface area contributed by atoms with Gasteiger partial charge in [-0.25, -0.2) is 0 Å². The van der Waals surface area contributed by atoms with E-state index < -0.39 is 29.6 Å². The summed E-state index contributed by atoms with van der Waals surface area (Å²) in [6.45, 7) is 7.26. The second-order valence-electron chi connectivity index (χ2n) is 11.4. The summed E-state index contributed by atoms with van der Waals surface area (Å²) in [6, 6.07) is 6.40. The van der Waals surface area contributed by atoms with Gasteiger partial charge in [0.25, 0.3) is 0 Å². The number of unbranched alkanes of at least 4 members (excludes halogenated alkanes) is 3. The van der Waals surface area contributed by atoms with Gasteiger partial charge >= 0.3 is 0 Å². The maximum Gasteiger partial charge on any atom is 0.245 e. The van der Waals surface area contributed by atoms with Crippen molar-refractivity contribution in [1.82, 2.24) is 15.1 Å². The second-order valence-corrected chi connectivity index (χ2v) is 11.4. The number of anilines is 1. The van der Waals surface area contributed by atoms with E-state index in [4.69, 9.17) is 19.3 Å². The molecule has 0 aromatic heterocycles. The molecule has 11 heteroatoms. The number of aliphatic hydroxyl groups excluding tert-OH is 1. The standard InChI is InChI=1S/C30H44N4O7/c1-2-40-22-9-7-21(8-10-22)32-27(36)24-23-11-12-30(41-23)25(24)29(38)34(14-5-3-4-6-18-35)26(30)28(37)31-13-15-33-16-19-39-20-17-33/h7-10,23-26,35H,2-6,11-20H2,1H3,(H,31,37)(H,32,36)/t23-,24+,25+,26?,30?/m1/s1. The smallest absolute Gasteiger partial charge is 0.245 e. The van der Waals surface area contributed by atoms with E-state index in [1.807, 2.05) is 6.92 Å². The summed E-state index contributed by atoms with van der Waals surface area (Å²) in [4.78, 5) is 45.4. The quantitative estimate of drug-likeness (QED) is 0.286. The molecule has 0 aliphatic carbocycles. The number of fused-ring (bicyclic) bond motifs is 1. The minimum atomic E-state index is -1.00. The number of morpholine rings is 1. The van der Waals surface area contributed by atoms with Crippen molar-refractivity contribution in [2.75, 3.05) is 64.5 Å². The number of carbonyl (C=O) groups is 3. The van der Waals surface area contributed by atoms with Gasteiger partial charge in [-0.05, 0) is 56.9 Å². The number of aliphatic hydroxyl groups is 1. The Labute approximate surface area is 241 Å². The zero-order chi connectivity index (χ0) is 28.8. The van der Waals surface area contributed by atoms with Crippen molar-refractivity contribution < 1.29 is 33.7 Å². The lowest BCUT2D eigenvalue weighted by Crippen LogP contribution is -2.56. The first kappa shape index (κ1) is 29.8. The van der Waals surface area contributed by atoms with E-state index >= 15 is 0 Å². The molecule has 2 unspecified atom stereocenters. The van der Waals surface area contributed by atoms with Crippen molar-refractivity contribution in [2.45, 2.75) is 63.2 Å². The molecule has 1 aromatic rings. The van der Waals surface area contributed by atoms with Crippen molar-refractivity contribution in [2.24, 2.45) is 11.8 Å². The van der Waals surface area contributed by atoms with Gasteiger partial charge in [0.05, 0.1) is 37.8 Å². The molecule has 3 N–H and O–H groups in total. The SMILES string of the molecule is CCOc1ccc(NC(=O)[C@@H]2[C@H]3C(=O)N(CCCCCCO)C(C(=O)NCCN4CCOCC4)C34CC[C@H]2O4)cc1. The number of rotatable bonds is 14. The number of ether oxygens (including phenoxy) is 3. The third kappa shape index (κ3) is 6.23. The first-order chi connectivity index (χ1) is 20.0. The summed E-state index contributed by atoms with van der Waals surface area (Å²) in [6.07, 6.45) is 3.94. The van der Waals surface area contributed by atoms with Crippen LogP contribution in [0.3, 0.4) is 0 Å². The van der Waals surface area contributed by atoms with E-state index in [0.717, 1.165) is 38.1 Å². The van der Waals surface area contributed by atoms with Gasteiger partial charge < -0.3 is 34.9 Å². The summed E-state index contributed by atoms with van der Waals surface area (Å²) in [5.41, 5.74) is -0.379. The highest BCUT2D eigenvalue weighted by Crippen LogP contribution is 2.58. The Balaban J connectivity index is 1.30. The molecule has 4 fully saturated rings. The van der Waals surface area contributed by atoms with E-state index in [2.05, 4.69) is 15.5 Å². The van der Waals surface area contributed by atoms with Gasteiger partial charge in [0.15, 0.2) is 0 Å². The summed E-state index contributed by atoms with van der Waals surface area (Å²) < 4.78 is 17.4. The number of likely N-dealkylation sites (tertiary alicyclic amines) is 1. The molecular formula is C30H44N4O7. The van der Waals surface area contributed by atoms with Gasteiger partial charge in [0, 0.05) is 45.0 Å². The molecule has 1 aromatic carbocycles. The molecule has 11 nitrogen and oxygen atoms in total. The molecule has 4 aliphatic heterocycles. The number of hydrogen-bond donors (Lipinski definition) is 3. The third-order valence-corrected chi connectivity index (χ3v) is 8.92. The van der Waals surface area contributed by atoms with Crippen LogP contribution in [0.4, 0.5) is 5.69 Å².